The molecule has 1 aromatic heterocycles. The van der Waals surface area contributed by atoms with Crippen molar-refractivity contribution >= 4 is 23.3 Å². The second-order valence-electron chi connectivity index (χ2n) is 6.32. The summed E-state index contributed by atoms with van der Waals surface area (Å²) in [5, 5.41) is 2.40. The van der Waals surface area contributed by atoms with E-state index in [0.29, 0.717) is 26.2 Å². The molecule has 1 aliphatic rings. The Kier molecular flexibility index (Phi) is 6.21. The monoisotopic (exact) mass is 382 g/mol. The third-order valence-corrected chi connectivity index (χ3v) is 4.58. The molecule has 0 unspecified atom stereocenters. The minimum atomic E-state index is -0.809. The number of benzene rings is 1. The number of aromatic nitrogens is 1. The van der Waals surface area contributed by atoms with E-state index in [2.05, 4.69) is 15.2 Å². The predicted molar refractivity (Wildman–Crippen MR) is 103 cm³/mol. The van der Waals surface area contributed by atoms with E-state index < -0.39 is 11.7 Å². The summed E-state index contributed by atoms with van der Waals surface area (Å²) in [5.41, 5.74) is 1.24. The Morgan fingerprint density at radius 2 is 1.89 bits per heavy atom. The Morgan fingerprint density at radius 3 is 2.57 bits per heavy atom. The average molecular weight is 382 g/mol. The van der Waals surface area contributed by atoms with Crippen LogP contribution in [0.4, 0.5) is 5.69 Å². The number of nitrogens with zero attached hydrogens (tertiary/aromatic N) is 3. The molecule has 0 atom stereocenters. The molecule has 1 N–H and O–H groups in total. The molecular weight excluding hydrogens is 360 g/mol. The Morgan fingerprint density at radius 1 is 1.11 bits per heavy atom. The molecule has 1 fully saturated rings. The van der Waals surface area contributed by atoms with Crippen LogP contribution in [0.15, 0.2) is 48.8 Å². The third kappa shape index (κ3) is 4.64. The molecule has 8 heteroatoms. The van der Waals surface area contributed by atoms with Crippen molar-refractivity contribution in [1.82, 2.24) is 15.2 Å². The summed E-state index contributed by atoms with van der Waals surface area (Å²) in [7, 11) is 1.63. The van der Waals surface area contributed by atoms with Crippen LogP contribution in [-0.4, -0.2) is 67.3 Å². The highest BCUT2D eigenvalue weighted by atomic mass is 16.5. The highest BCUT2D eigenvalue weighted by molar-refractivity contribution is 6.42. The molecule has 1 aromatic carbocycles. The summed E-state index contributed by atoms with van der Waals surface area (Å²) in [5.74, 6) is -0.935. The molecule has 0 bridgehead atoms. The molecule has 0 spiro atoms. The predicted octanol–water partition coefficient (Wildman–Crippen LogP) is 0.738. The molecule has 8 nitrogen and oxygen atoms in total. The van der Waals surface area contributed by atoms with Gasteiger partial charge in [0.2, 0.25) is 5.91 Å². The number of piperazine rings is 1. The van der Waals surface area contributed by atoms with Gasteiger partial charge in [0.1, 0.15) is 5.75 Å². The van der Waals surface area contributed by atoms with E-state index in [-0.39, 0.29) is 18.0 Å². The molecule has 0 saturated carbocycles. The SMILES string of the molecule is COc1cccc(N2CCN(C(=O)CNC(=O)C(=O)c3cccnc3)CC2)c1. The normalized spacial score (nSPS) is 13.8. The number of methoxy groups -OCH3 is 1. The molecule has 2 heterocycles. The van der Waals surface area contributed by atoms with Crippen LogP contribution in [0.2, 0.25) is 0 Å². The molecule has 0 radical (unpaired) electrons. The Labute approximate surface area is 163 Å². The number of ether oxygens (including phenoxy) is 1. The zero-order valence-corrected chi connectivity index (χ0v) is 15.6. The van der Waals surface area contributed by atoms with Crippen molar-refractivity contribution in [2.75, 3.05) is 44.7 Å². The Bertz CT molecular complexity index is 848. The lowest BCUT2D eigenvalue weighted by molar-refractivity contribution is -0.132. The minimum Gasteiger partial charge on any atom is -0.497 e. The van der Waals surface area contributed by atoms with E-state index in [1.165, 1.54) is 18.5 Å². The molecule has 2 aromatic rings. The van der Waals surface area contributed by atoms with Gasteiger partial charge >= 0.3 is 0 Å². The van der Waals surface area contributed by atoms with Crippen LogP contribution >= 0.6 is 0 Å². The number of nitrogens with one attached hydrogen (secondary N) is 1. The van der Waals surface area contributed by atoms with E-state index in [1.54, 1.807) is 18.1 Å². The fourth-order valence-corrected chi connectivity index (χ4v) is 3.00. The average Bonchev–Trinajstić information content (AvgIpc) is 2.77. The lowest BCUT2D eigenvalue weighted by Crippen LogP contribution is -2.51. The van der Waals surface area contributed by atoms with Crippen molar-refractivity contribution in [2.45, 2.75) is 0 Å². The first-order chi connectivity index (χ1) is 13.6. The van der Waals surface area contributed by atoms with Crippen LogP contribution < -0.4 is 15.0 Å². The van der Waals surface area contributed by atoms with Gasteiger partial charge in [-0.15, -0.1) is 0 Å². The molecule has 0 aliphatic carbocycles. The number of ketones is 1. The molecule has 3 rings (SSSR count). The van der Waals surface area contributed by atoms with Crippen molar-refractivity contribution in [3.63, 3.8) is 0 Å². The lowest BCUT2D eigenvalue weighted by Gasteiger charge is -2.36. The maximum Gasteiger partial charge on any atom is 0.292 e. The van der Waals surface area contributed by atoms with E-state index in [0.717, 1.165) is 11.4 Å². The zero-order chi connectivity index (χ0) is 19.9. The number of rotatable bonds is 6. The van der Waals surface area contributed by atoms with Crippen LogP contribution in [0.5, 0.6) is 5.75 Å². The Balaban J connectivity index is 1.47. The second-order valence-corrected chi connectivity index (χ2v) is 6.32. The van der Waals surface area contributed by atoms with Gasteiger partial charge in [-0.25, -0.2) is 0 Å². The number of carbonyl (C=O) groups excluding carboxylic acids is 3. The van der Waals surface area contributed by atoms with Crippen molar-refractivity contribution in [3.05, 3.63) is 54.4 Å². The fourth-order valence-electron chi connectivity index (χ4n) is 3.00. The van der Waals surface area contributed by atoms with Gasteiger partial charge in [0.25, 0.3) is 11.7 Å². The number of carbonyl (C=O) groups is 3. The zero-order valence-electron chi connectivity index (χ0n) is 15.6. The van der Waals surface area contributed by atoms with Gasteiger partial charge in [-0.05, 0) is 24.3 Å². The first kappa shape index (κ1) is 19.3. The fraction of sp³-hybridized carbons (Fsp3) is 0.300. The van der Waals surface area contributed by atoms with Crippen molar-refractivity contribution in [1.29, 1.82) is 0 Å². The topological polar surface area (TPSA) is 91.8 Å². The van der Waals surface area contributed by atoms with Crippen molar-refractivity contribution in [2.24, 2.45) is 0 Å². The molecule has 2 amide bonds. The second kappa shape index (κ2) is 8.98. The molecule has 1 saturated heterocycles. The summed E-state index contributed by atoms with van der Waals surface area (Å²) in [6.07, 6.45) is 2.84. The highest BCUT2D eigenvalue weighted by Gasteiger charge is 2.23. The number of anilines is 1. The van der Waals surface area contributed by atoms with Crippen molar-refractivity contribution in [3.8, 4) is 5.75 Å². The van der Waals surface area contributed by atoms with Crippen LogP contribution in [0.3, 0.4) is 0 Å². The summed E-state index contributed by atoms with van der Waals surface area (Å²) in [6, 6.07) is 10.9. The van der Waals surface area contributed by atoms with Crippen molar-refractivity contribution < 1.29 is 19.1 Å². The lowest BCUT2D eigenvalue weighted by atomic mass is 10.2. The summed E-state index contributed by atoms with van der Waals surface area (Å²) < 4.78 is 5.25. The van der Waals surface area contributed by atoms with Crippen LogP contribution in [-0.2, 0) is 9.59 Å². The van der Waals surface area contributed by atoms with E-state index in [4.69, 9.17) is 4.74 Å². The number of hydrogen-bond donors (Lipinski definition) is 1. The van der Waals surface area contributed by atoms with Gasteiger partial charge in [-0.2, -0.15) is 0 Å². The minimum absolute atomic E-state index is 0.194. The van der Waals surface area contributed by atoms with Crippen LogP contribution in [0, 0.1) is 0 Å². The summed E-state index contributed by atoms with van der Waals surface area (Å²) >= 11 is 0. The van der Waals surface area contributed by atoms with Gasteiger partial charge in [0, 0.05) is 55.9 Å². The van der Waals surface area contributed by atoms with Gasteiger partial charge in [-0.3, -0.25) is 19.4 Å². The standard InChI is InChI=1S/C20H22N4O4/c1-28-17-6-2-5-16(12-17)23-8-10-24(11-9-23)18(25)14-22-20(27)19(26)15-4-3-7-21-13-15/h2-7,12-13H,8-11,14H2,1H3,(H,22,27). The smallest absolute Gasteiger partial charge is 0.292 e. The van der Waals surface area contributed by atoms with E-state index in [1.807, 2.05) is 24.3 Å². The number of hydrogen-bond acceptors (Lipinski definition) is 6. The molecule has 28 heavy (non-hydrogen) atoms. The van der Waals surface area contributed by atoms with Gasteiger partial charge in [-0.1, -0.05) is 6.07 Å². The number of amides is 2. The highest BCUT2D eigenvalue weighted by Crippen LogP contribution is 2.22. The summed E-state index contributed by atoms with van der Waals surface area (Å²) in [6.45, 7) is 2.25. The third-order valence-electron chi connectivity index (χ3n) is 4.58. The van der Waals surface area contributed by atoms with E-state index in [9.17, 15) is 14.4 Å². The van der Waals surface area contributed by atoms with Crippen LogP contribution in [0.1, 0.15) is 10.4 Å². The van der Waals surface area contributed by atoms with Gasteiger partial charge < -0.3 is 19.9 Å². The van der Waals surface area contributed by atoms with Gasteiger partial charge in [0.15, 0.2) is 0 Å². The molecular formula is C20H22N4O4. The maximum atomic E-state index is 12.4. The Hall–Kier alpha value is -3.42. The molecule has 1 aliphatic heterocycles. The first-order valence-corrected chi connectivity index (χ1v) is 8.98. The van der Waals surface area contributed by atoms with Crippen LogP contribution in [0.25, 0.3) is 0 Å². The summed E-state index contributed by atoms with van der Waals surface area (Å²) in [4.78, 5) is 44.0. The van der Waals surface area contributed by atoms with E-state index >= 15 is 0 Å². The molecule has 146 valence electrons. The maximum absolute atomic E-state index is 12.4. The quantitative estimate of drug-likeness (QED) is 0.585. The van der Waals surface area contributed by atoms with Gasteiger partial charge in [0.05, 0.1) is 13.7 Å². The number of pyridine rings is 1. The first-order valence-electron chi connectivity index (χ1n) is 8.98. The number of Topliss-reactive ketones (excluding diaryl/α,β-unsaturated/α-hetero) is 1. The largest absolute Gasteiger partial charge is 0.497 e.